The molecular weight excluding hydrogens is 307 g/mol. The average Bonchev–Trinajstić information content (AvgIpc) is 2.79. The predicted octanol–water partition coefficient (Wildman–Crippen LogP) is 2.98. The van der Waals surface area contributed by atoms with Gasteiger partial charge in [-0.3, -0.25) is 4.79 Å². The van der Waals surface area contributed by atoms with Crippen molar-refractivity contribution in [3.8, 4) is 0 Å². The number of aromatic nitrogens is 3. The third-order valence-electron chi connectivity index (χ3n) is 4.34. The van der Waals surface area contributed by atoms with Gasteiger partial charge in [0.25, 0.3) is 0 Å². The molecule has 2 aromatic carbocycles. The van der Waals surface area contributed by atoms with Crippen LogP contribution >= 0.6 is 0 Å². The number of hydrogen-bond acceptors (Lipinski definition) is 3. The molecule has 4 aromatic rings. The van der Waals surface area contributed by atoms with E-state index >= 15 is 0 Å². The Morgan fingerprint density at radius 3 is 2.46 bits per heavy atom. The van der Waals surface area contributed by atoms with Crippen molar-refractivity contribution >= 4 is 39.0 Å². The minimum absolute atomic E-state index is 0.0311. The van der Waals surface area contributed by atoms with Crippen LogP contribution in [0.1, 0.15) is 11.1 Å². The molecule has 0 aliphatic rings. The number of hydrogen-bond donors (Lipinski definition) is 1. The molecule has 1 amide bonds. The third kappa shape index (κ3) is 2.11. The molecule has 2 N–H and O–H groups in total. The first-order valence-electron chi connectivity index (χ1n) is 7.59. The molecule has 0 unspecified atom stereocenters. The third-order valence-corrected chi connectivity index (χ3v) is 4.34. The Kier molecular flexibility index (Phi) is 3.03. The van der Waals surface area contributed by atoms with Crippen LogP contribution in [0.5, 0.6) is 0 Å². The molecule has 0 saturated carbocycles. The fourth-order valence-electron chi connectivity index (χ4n) is 3.03. The molecule has 0 atom stereocenters. The summed E-state index contributed by atoms with van der Waals surface area (Å²) in [7, 11) is 0. The van der Waals surface area contributed by atoms with Gasteiger partial charge in [0.2, 0.25) is 5.91 Å². The summed E-state index contributed by atoms with van der Waals surface area (Å²) >= 11 is 0. The zero-order chi connectivity index (χ0) is 17.0. The number of aryl methyl sites for hydroxylation is 2. The minimum Gasteiger partial charge on any atom is -0.368 e. The number of primary amides is 1. The molecule has 0 fully saturated rings. The van der Waals surface area contributed by atoms with Gasteiger partial charge >= 0.3 is 0 Å². The Labute approximate surface area is 136 Å². The monoisotopic (exact) mass is 322 g/mol. The highest BCUT2D eigenvalue weighted by atomic mass is 19.1. The molecule has 0 aliphatic heterocycles. The highest BCUT2D eigenvalue weighted by Crippen LogP contribution is 2.29. The van der Waals surface area contributed by atoms with Crippen LogP contribution in [-0.4, -0.2) is 20.4 Å². The number of nitrogens with two attached hydrogens (primary N) is 1. The van der Waals surface area contributed by atoms with Crippen molar-refractivity contribution in [1.82, 2.24) is 14.5 Å². The van der Waals surface area contributed by atoms with Gasteiger partial charge < -0.3 is 10.3 Å². The summed E-state index contributed by atoms with van der Waals surface area (Å²) in [5, 5.41) is 0.624. The second kappa shape index (κ2) is 4.99. The first-order chi connectivity index (χ1) is 11.4. The number of halogens is 1. The Bertz CT molecular complexity index is 1150. The van der Waals surface area contributed by atoms with E-state index in [0.29, 0.717) is 22.1 Å². The molecule has 4 rings (SSSR count). The standard InChI is InChI=1S/C18H15FN4O/c1-9-5-13-14(6-10(9)2)22-18-17(21-13)12-7-11(19)3-4-15(12)23(18)8-16(20)24/h3-7H,8H2,1-2H3,(H2,20,24). The zero-order valence-electron chi connectivity index (χ0n) is 13.3. The van der Waals surface area contributed by atoms with Crippen molar-refractivity contribution in [1.29, 1.82) is 0 Å². The molecule has 0 saturated heterocycles. The number of nitrogens with zero attached hydrogens (tertiary/aromatic N) is 3. The van der Waals surface area contributed by atoms with E-state index < -0.39 is 5.91 Å². The largest absolute Gasteiger partial charge is 0.368 e. The van der Waals surface area contributed by atoms with Gasteiger partial charge in [-0.1, -0.05) is 0 Å². The summed E-state index contributed by atoms with van der Waals surface area (Å²) in [4.78, 5) is 20.8. The summed E-state index contributed by atoms with van der Waals surface area (Å²) in [6.07, 6.45) is 0. The maximum Gasteiger partial charge on any atom is 0.237 e. The van der Waals surface area contributed by atoms with Crippen molar-refractivity contribution in [2.75, 3.05) is 0 Å². The maximum atomic E-state index is 13.7. The van der Waals surface area contributed by atoms with Crippen LogP contribution in [0.2, 0.25) is 0 Å². The van der Waals surface area contributed by atoms with E-state index in [1.54, 1.807) is 10.6 Å². The lowest BCUT2D eigenvalue weighted by molar-refractivity contribution is -0.118. The van der Waals surface area contributed by atoms with Crippen LogP contribution in [0.3, 0.4) is 0 Å². The fourth-order valence-corrected chi connectivity index (χ4v) is 3.03. The number of rotatable bonds is 2. The molecule has 6 heteroatoms. The van der Waals surface area contributed by atoms with Crippen LogP contribution in [0.25, 0.3) is 33.1 Å². The Balaban J connectivity index is 2.19. The van der Waals surface area contributed by atoms with E-state index in [4.69, 9.17) is 5.73 Å². The summed E-state index contributed by atoms with van der Waals surface area (Å²) in [6.45, 7) is 3.99. The van der Waals surface area contributed by atoms with E-state index in [9.17, 15) is 9.18 Å². The van der Waals surface area contributed by atoms with E-state index in [-0.39, 0.29) is 12.4 Å². The van der Waals surface area contributed by atoms with Gasteiger partial charge in [0, 0.05) is 5.39 Å². The number of carbonyl (C=O) groups excluding carboxylic acids is 1. The quantitative estimate of drug-likeness (QED) is 0.616. The van der Waals surface area contributed by atoms with Gasteiger partial charge in [-0.15, -0.1) is 0 Å². The van der Waals surface area contributed by atoms with Gasteiger partial charge in [0.15, 0.2) is 5.65 Å². The number of fused-ring (bicyclic) bond motifs is 4. The van der Waals surface area contributed by atoms with E-state index in [1.165, 1.54) is 12.1 Å². The van der Waals surface area contributed by atoms with Gasteiger partial charge in [0.05, 0.1) is 16.6 Å². The van der Waals surface area contributed by atoms with Crippen molar-refractivity contribution < 1.29 is 9.18 Å². The normalized spacial score (nSPS) is 11.6. The van der Waals surface area contributed by atoms with Crippen LogP contribution in [0, 0.1) is 19.7 Å². The van der Waals surface area contributed by atoms with Crippen LogP contribution < -0.4 is 5.73 Å². The smallest absolute Gasteiger partial charge is 0.237 e. The van der Waals surface area contributed by atoms with E-state index in [1.807, 2.05) is 26.0 Å². The fraction of sp³-hybridized carbons (Fsp3) is 0.167. The molecule has 120 valence electrons. The lowest BCUT2D eigenvalue weighted by Gasteiger charge is -2.05. The van der Waals surface area contributed by atoms with Crippen molar-refractivity contribution in [2.45, 2.75) is 20.4 Å². The topological polar surface area (TPSA) is 73.8 Å². The molecule has 0 aliphatic carbocycles. The van der Waals surface area contributed by atoms with Crippen LogP contribution in [0.4, 0.5) is 4.39 Å². The number of carbonyl (C=O) groups is 1. The lowest BCUT2D eigenvalue weighted by Crippen LogP contribution is -2.18. The summed E-state index contributed by atoms with van der Waals surface area (Å²) in [6, 6.07) is 8.32. The Hall–Kier alpha value is -3.02. The van der Waals surface area contributed by atoms with Crippen LogP contribution in [-0.2, 0) is 11.3 Å². The molecule has 5 nitrogen and oxygen atoms in total. The SMILES string of the molecule is Cc1cc2nc3c4cc(F)ccc4n(CC(N)=O)c3nc2cc1C. The van der Waals surface area contributed by atoms with Gasteiger partial charge in [-0.2, -0.15) is 0 Å². The summed E-state index contributed by atoms with van der Waals surface area (Å²) < 4.78 is 15.4. The second-order valence-corrected chi connectivity index (χ2v) is 6.03. The Morgan fingerprint density at radius 2 is 1.79 bits per heavy atom. The molecular formula is C18H15FN4O. The highest BCUT2D eigenvalue weighted by molar-refractivity contribution is 6.07. The highest BCUT2D eigenvalue weighted by Gasteiger charge is 2.16. The average molecular weight is 322 g/mol. The van der Waals surface area contributed by atoms with Crippen molar-refractivity contribution in [2.24, 2.45) is 5.73 Å². The van der Waals surface area contributed by atoms with Crippen molar-refractivity contribution in [3.05, 3.63) is 47.3 Å². The minimum atomic E-state index is -0.486. The predicted molar refractivity (Wildman–Crippen MR) is 91.2 cm³/mol. The molecule has 24 heavy (non-hydrogen) atoms. The molecule has 0 bridgehead atoms. The van der Waals surface area contributed by atoms with Crippen molar-refractivity contribution in [3.63, 3.8) is 0 Å². The second-order valence-electron chi connectivity index (χ2n) is 6.03. The summed E-state index contributed by atoms with van der Waals surface area (Å²) in [5.74, 6) is -0.845. The first-order valence-corrected chi connectivity index (χ1v) is 7.59. The number of benzene rings is 2. The molecule has 2 heterocycles. The molecule has 0 spiro atoms. The van der Waals surface area contributed by atoms with Gasteiger partial charge in [-0.25, -0.2) is 14.4 Å². The van der Waals surface area contributed by atoms with E-state index in [2.05, 4.69) is 9.97 Å². The molecule has 0 radical (unpaired) electrons. The van der Waals surface area contributed by atoms with Gasteiger partial charge in [-0.05, 0) is 55.3 Å². The van der Waals surface area contributed by atoms with Gasteiger partial charge in [0.1, 0.15) is 17.9 Å². The Morgan fingerprint density at radius 1 is 1.12 bits per heavy atom. The van der Waals surface area contributed by atoms with E-state index in [0.717, 1.165) is 22.2 Å². The first kappa shape index (κ1) is 14.6. The number of amides is 1. The maximum absolute atomic E-state index is 13.7. The zero-order valence-corrected chi connectivity index (χ0v) is 13.3. The lowest BCUT2D eigenvalue weighted by atomic mass is 10.1. The van der Waals surface area contributed by atoms with Crippen LogP contribution in [0.15, 0.2) is 30.3 Å². The summed E-state index contributed by atoms with van der Waals surface area (Å²) in [5.41, 5.74) is 10.9. The molecule has 2 aromatic heterocycles.